The minimum Gasteiger partial charge on any atom is -0.385 e. The first-order chi connectivity index (χ1) is 11.6. The lowest BCUT2D eigenvalue weighted by molar-refractivity contribution is 0.0857. The van der Waals surface area contributed by atoms with Crippen molar-refractivity contribution in [1.82, 2.24) is 9.78 Å². The standard InChI is InChI=1S/C18H22N4O2/c1-10-4-3-5-12-13(6-7-20-15(10)12)18(23)22-17(19)14-9-24-8-11(2)16(14)21-22/h3-5,11,13,20H,6-9,19H2,1-2H3. The minimum absolute atomic E-state index is 0.0533. The molecule has 6 nitrogen and oxygen atoms in total. The van der Waals surface area contributed by atoms with Crippen LogP contribution in [-0.4, -0.2) is 28.8 Å². The second kappa shape index (κ2) is 5.63. The molecule has 126 valence electrons. The number of benzene rings is 1. The van der Waals surface area contributed by atoms with Gasteiger partial charge in [0.2, 0.25) is 0 Å². The van der Waals surface area contributed by atoms with Crippen molar-refractivity contribution in [2.45, 2.75) is 38.7 Å². The Hall–Kier alpha value is -2.34. The Morgan fingerprint density at radius 2 is 2.29 bits per heavy atom. The normalized spacial score (nSPS) is 22.4. The van der Waals surface area contributed by atoms with Crippen LogP contribution in [0, 0.1) is 6.92 Å². The number of rotatable bonds is 1. The molecule has 2 unspecified atom stereocenters. The molecule has 4 rings (SSSR count). The third-order valence-corrected chi connectivity index (χ3v) is 5.06. The number of anilines is 2. The first kappa shape index (κ1) is 15.2. The van der Waals surface area contributed by atoms with Crippen LogP contribution in [-0.2, 0) is 11.3 Å². The zero-order valence-electron chi connectivity index (χ0n) is 14.0. The van der Waals surface area contributed by atoms with Gasteiger partial charge < -0.3 is 15.8 Å². The van der Waals surface area contributed by atoms with E-state index < -0.39 is 0 Å². The summed E-state index contributed by atoms with van der Waals surface area (Å²) in [5, 5.41) is 7.95. The molecule has 2 aliphatic heterocycles. The molecular formula is C18H22N4O2. The summed E-state index contributed by atoms with van der Waals surface area (Å²) in [6, 6.07) is 6.07. The molecule has 0 saturated heterocycles. The number of nitrogens with zero attached hydrogens (tertiary/aromatic N) is 2. The first-order valence-corrected chi connectivity index (χ1v) is 8.40. The Labute approximate surface area is 141 Å². The van der Waals surface area contributed by atoms with Gasteiger partial charge in [-0.15, -0.1) is 0 Å². The molecule has 1 aromatic heterocycles. The number of hydrogen-bond acceptors (Lipinski definition) is 5. The number of ether oxygens (including phenoxy) is 1. The summed E-state index contributed by atoms with van der Waals surface area (Å²) in [6.07, 6.45) is 0.741. The number of nitrogen functional groups attached to an aromatic ring is 1. The fraction of sp³-hybridized carbons (Fsp3) is 0.444. The number of fused-ring (bicyclic) bond motifs is 2. The Balaban J connectivity index is 1.75. The number of nitrogens with two attached hydrogens (primary N) is 1. The van der Waals surface area contributed by atoms with E-state index in [1.54, 1.807) is 0 Å². The molecule has 2 atom stereocenters. The lowest BCUT2D eigenvalue weighted by atomic mass is 9.88. The molecule has 0 radical (unpaired) electrons. The molecule has 0 bridgehead atoms. The highest BCUT2D eigenvalue weighted by atomic mass is 16.5. The lowest BCUT2D eigenvalue weighted by Gasteiger charge is -2.27. The van der Waals surface area contributed by atoms with Crippen LogP contribution in [0.5, 0.6) is 0 Å². The van der Waals surface area contributed by atoms with Crippen LogP contribution >= 0.6 is 0 Å². The minimum atomic E-state index is -0.221. The Morgan fingerprint density at radius 1 is 1.46 bits per heavy atom. The quantitative estimate of drug-likeness (QED) is 0.842. The van der Waals surface area contributed by atoms with E-state index in [0.29, 0.717) is 19.0 Å². The summed E-state index contributed by atoms with van der Waals surface area (Å²) in [5.41, 5.74) is 11.2. The van der Waals surface area contributed by atoms with Gasteiger partial charge in [-0.3, -0.25) is 4.79 Å². The average Bonchev–Trinajstić information content (AvgIpc) is 2.93. The van der Waals surface area contributed by atoms with Crippen LogP contribution in [0.4, 0.5) is 11.5 Å². The number of nitrogens with one attached hydrogen (secondary N) is 1. The van der Waals surface area contributed by atoms with Gasteiger partial charge in [0.05, 0.1) is 24.8 Å². The van der Waals surface area contributed by atoms with Crippen molar-refractivity contribution in [3.63, 3.8) is 0 Å². The molecule has 3 N–H and O–H groups in total. The highest BCUT2D eigenvalue weighted by molar-refractivity contribution is 5.90. The van der Waals surface area contributed by atoms with E-state index >= 15 is 0 Å². The molecule has 3 heterocycles. The summed E-state index contributed by atoms with van der Waals surface area (Å²) >= 11 is 0. The summed E-state index contributed by atoms with van der Waals surface area (Å²) in [7, 11) is 0. The topological polar surface area (TPSA) is 82.2 Å². The van der Waals surface area contributed by atoms with Crippen LogP contribution in [0.1, 0.15) is 52.4 Å². The highest BCUT2D eigenvalue weighted by Crippen LogP contribution is 2.36. The molecule has 2 aromatic rings. The maximum Gasteiger partial charge on any atom is 0.256 e. The van der Waals surface area contributed by atoms with Crippen molar-refractivity contribution in [3.05, 3.63) is 40.6 Å². The molecule has 0 saturated carbocycles. The molecule has 0 amide bonds. The lowest BCUT2D eigenvalue weighted by Crippen LogP contribution is -2.28. The van der Waals surface area contributed by atoms with Gasteiger partial charge in [0.1, 0.15) is 5.82 Å². The van der Waals surface area contributed by atoms with Crippen LogP contribution in [0.3, 0.4) is 0 Å². The molecular weight excluding hydrogens is 304 g/mol. The molecule has 0 fully saturated rings. The van der Waals surface area contributed by atoms with Crippen LogP contribution < -0.4 is 11.1 Å². The number of carbonyl (C=O) groups is 1. The SMILES string of the molecule is Cc1cccc2c1NCCC2C(=O)n1nc2c(c1N)COCC2C. The number of para-hydroxylation sites is 1. The summed E-state index contributed by atoms with van der Waals surface area (Å²) in [5.74, 6) is 0.311. The van der Waals surface area contributed by atoms with Crippen molar-refractivity contribution in [2.24, 2.45) is 0 Å². The number of aryl methyl sites for hydroxylation is 1. The Kier molecular flexibility index (Phi) is 3.57. The third-order valence-electron chi connectivity index (χ3n) is 5.06. The van der Waals surface area contributed by atoms with Crippen LogP contribution in [0.15, 0.2) is 18.2 Å². The summed E-state index contributed by atoms with van der Waals surface area (Å²) < 4.78 is 6.95. The smallest absolute Gasteiger partial charge is 0.256 e. The largest absolute Gasteiger partial charge is 0.385 e. The fourth-order valence-corrected chi connectivity index (χ4v) is 3.73. The average molecular weight is 326 g/mol. The van der Waals surface area contributed by atoms with Crippen molar-refractivity contribution in [1.29, 1.82) is 0 Å². The molecule has 2 aliphatic rings. The van der Waals surface area contributed by atoms with E-state index in [2.05, 4.69) is 23.4 Å². The van der Waals surface area contributed by atoms with Gasteiger partial charge in [0.25, 0.3) is 5.91 Å². The van der Waals surface area contributed by atoms with Crippen LogP contribution in [0.25, 0.3) is 0 Å². The van der Waals surface area contributed by atoms with E-state index in [1.807, 2.05) is 19.1 Å². The van der Waals surface area contributed by atoms with Crippen LogP contribution in [0.2, 0.25) is 0 Å². The monoisotopic (exact) mass is 326 g/mol. The zero-order chi connectivity index (χ0) is 16.8. The van der Waals surface area contributed by atoms with Gasteiger partial charge in [0.15, 0.2) is 0 Å². The van der Waals surface area contributed by atoms with E-state index in [-0.39, 0.29) is 17.7 Å². The fourth-order valence-electron chi connectivity index (χ4n) is 3.73. The van der Waals surface area contributed by atoms with E-state index in [9.17, 15) is 4.79 Å². The van der Waals surface area contributed by atoms with Crippen molar-refractivity contribution in [2.75, 3.05) is 24.2 Å². The highest BCUT2D eigenvalue weighted by Gasteiger charge is 2.33. The van der Waals surface area contributed by atoms with Crippen molar-refractivity contribution < 1.29 is 9.53 Å². The second-order valence-corrected chi connectivity index (χ2v) is 6.72. The van der Waals surface area contributed by atoms with Gasteiger partial charge in [-0.25, -0.2) is 0 Å². The third kappa shape index (κ3) is 2.21. The zero-order valence-corrected chi connectivity index (χ0v) is 14.0. The van der Waals surface area contributed by atoms with Crippen molar-refractivity contribution in [3.8, 4) is 0 Å². The summed E-state index contributed by atoms with van der Waals surface area (Å²) in [6.45, 7) is 5.92. The predicted octanol–water partition coefficient (Wildman–Crippen LogP) is 2.65. The second-order valence-electron chi connectivity index (χ2n) is 6.72. The van der Waals surface area contributed by atoms with Crippen molar-refractivity contribution >= 4 is 17.4 Å². The number of aromatic nitrogens is 2. The molecule has 0 aliphatic carbocycles. The van der Waals surface area contributed by atoms with E-state index in [0.717, 1.165) is 41.0 Å². The van der Waals surface area contributed by atoms with Gasteiger partial charge in [-0.2, -0.15) is 9.78 Å². The van der Waals surface area contributed by atoms with E-state index in [4.69, 9.17) is 10.5 Å². The Bertz CT molecular complexity index is 812. The van der Waals surface area contributed by atoms with Gasteiger partial charge in [-0.1, -0.05) is 25.1 Å². The maximum absolute atomic E-state index is 13.2. The number of hydrogen-bond donors (Lipinski definition) is 2. The predicted molar refractivity (Wildman–Crippen MR) is 92.4 cm³/mol. The number of carbonyl (C=O) groups excluding carboxylic acids is 1. The van der Waals surface area contributed by atoms with Gasteiger partial charge >= 0.3 is 0 Å². The molecule has 0 spiro atoms. The summed E-state index contributed by atoms with van der Waals surface area (Å²) in [4.78, 5) is 13.2. The molecule has 24 heavy (non-hydrogen) atoms. The Morgan fingerprint density at radius 3 is 3.08 bits per heavy atom. The van der Waals surface area contributed by atoms with Gasteiger partial charge in [-0.05, 0) is 24.5 Å². The first-order valence-electron chi connectivity index (χ1n) is 8.40. The molecule has 1 aromatic carbocycles. The molecule has 6 heteroatoms. The van der Waals surface area contributed by atoms with E-state index in [1.165, 1.54) is 4.68 Å². The van der Waals surface area contributed by atoms with Gasteiger partial charge in [0, 0.05) is 23.7 Å². The maximum atomic E-state index is 13.2.